The van der Waals surface area contributed by atoms with E-state index in [2.05, 4.69) is 5.32 Å². The molecule has 1 saturated heterocycles. The van der Waals surface area contributed by atoms with Crippen molar-refractivity contribution in [2.45, 2.75) is 11.8 Å². The lowest BCUT2D eigenvalue weighted by Crippen LogP contribution is -2.52. The Labute approximate surface area is 164 Å². The van der Waals surface area contributed by atoms with Crippen molar-refractivity contribution in [1.82, 2.24) is 9.21 Å². The fourth-order valence-corrected chi connectivity index (χ4v) is 4.38. The van der Waals surface area contributed by atoms with Crippen LogP contribution in [-0.2, 0) is 19.6 Å². The minimum Gasteiger partial charge on any atom is -0.482 e. The minimum atomic E-state index is -3.72. The zero-order valence-corrected chi connectivity index (χ0v) is 16.5. The number of anilines is 1. The summed E-state index contributed by atoms with van der Waals surface area (Å²) in [6.45, 7) is 3.02. The number of benzene rings is 1. The number of hydrogen-bond acceptors (Lipinski definition) is 6. The third-order valence-corrected chi connectivity index (χ3v) is 6.44. The summed E-state index contributed by atoms with van der Waals surface area (Å²) in [5.41, 5.74) is 5.86. The largest absolute Gasteiger partial charge is 0.482 e. The maximum Gasteiger partial charge on any atom is 0.262 e. The van der Waals surface area contributed by atoms with E-state index in [-0.39, 0.29) is 61.3 Å². The van der Waals surface area contributed by atoms with Gasteiger partial charge in [-0.05, 0) is 18.2 Å². The molecule has 0 bridgehead atoms. The van der Waals surface area contributed by atoms with Gasteiger partial charge in [0.1, 0.15) is 5.75 Å². The van der Waals surface area contributed by atoms with Crippen LogP contribution in [0, 0.1) is 5.92 Å². The third-order valence-electron chi connectivity index (χ3n) is 4.55. The lowest BCUT2D eigenvalue weighted by Gasteiger charge is -2.35. The first kappa shape index (κ1) is 21.4. The molecule has 0 radical (unpaired) electrons. The molecule has 9 nitrogen and oxygen atoms in total. The molecule has 0 spiro atoms. The van der Waals surface area contributed by atoms with Crippen molar-refractivity contribution in [2.24, 2.45) is 11.7 Å². The number of halogens is 1. The van der Waals surface area contributed by atoms with Gasteiger partial charge in [0.15, 0.2) is 6.61 Å². The van der Waals surface area contributed by atoms with E-state index >= 15 is 0 Å². The normalized spacial score (nSPS) is 18.6. The van der Waals surface area contributed by atoms with E-state index < -0.39 is 10.0 Å². The summed E-state index contributed by atoms with van der Waals surface area (Å²) in [6.07, 6.45) is 0. The Bertz CT molecular complexity index is 824. The Morgan fingerprint density at radius 3 is 2.59 bits per heavy atom. The van der Waals surface area contributed by atoms with Gasteiger partial charge in [-0.2, -0.15) is 4.31 Å². The lowest BCUT2D eigenvalue weighted by molar-refractivity contribution is -0.135. The van der Waals surface area contributed by atoms with Crippen LogP contribution in [0.4, 0.5) is 5.69 Å². The van der Waals surface area contributed by atoms with Gasteiger partial charge in [-0.3, -0.25) is 9.59 Å². The highest BCUT2D eigenvalue weighted by Crippen LogP contribution is 2.31. The van der Waals surface area contributed by atoms with E-state index in [0.717, 1.165) is 0 Å². The van der Waals surface area contributed by atoms with Gasteiger partial charge in [0.25, 0.3) is 5.91 Å². The standard InChI is InChI=1S/C16H22N4O5S.ClH/c1-11(9-17)16(22)19-4-6-20(7-5-19)26(23,24)12-2-3-14-13(8-12)18-15(21)10-25-14;/h2-3,8,11H,4-7,9-10,17H2,1H3,(H,18,21);1H. The van der Waals surface area contributed by atoms with Gasteiger partial charge < -0.3 is 20.7 Å². The van der Waals surface area contributed by atoms with E-state index in [4.69, 9.17) is 10.5 Å². The summed E-state index contributed by atoms with van der Waals surface area (Å²) < 4.78 is 32.3. The number of nitrogens with one attached hydrogen (secondary N) is 1. The van der Waals surface area contributed by atoms with Crippen LogP contribution in [0.3, 0.4) is 0 Å². The number of piperazine rings is 1. The molecular weight excluding hydrogens is 396 g/mol. The van der Waals surface area contributed by atoms with Crippen molar-refractivity contribution in [3.63, 3.8) is 0 Å². The van der Waals surface area contributed by atoms with Crippen LogP contribution in [0.2, 0.25) is 0 Å². The van der Waals surface area contributed by atoms with Crippen molar-refractivity contribution >= 4 is 39.9 Å². The lowest BCUT2D eigenvalue weighted by atomic mass is 10.1. The molecule has 1 unspecified atom stereocenters. The molecule has 3 rings (SSSR count). The summed E-state index contributed by atoms with van der Waals surface area (Å²) in [6, 6.07) is 4.39. The molecule has 2 aliphatic rings. The summed E-state index contributed by atoms with van der Waals surface area (Å²) in [4.78, 5) is 25.3. The van der Waals surface area contributed by atoms with Crippen LogP contribution < -0.4 is 15.8 Å². The molecule has 1 aromatic rings. The Morgan fingerprint density at radius 2 is 1.96 bits per heavy atom. The molecule has 11 heteroatoms. The summed E-state index contributed by atoms with van der Waals surface area (Å²) in [7, 11) is -3.72. The van der Waals surface area contributed by atoms with Crippen molar-refractivity contribution in [3.05, 3.63) is 18.2 Å². The predicted molar refractivity (Wildman–Crippen MR) is 101 cm³/mol. The smallest absolute Gasteiger partial charge is 0.262 e. The zero-order valence-electron chi connectivity index (χ0n) is 14.9. The van der Waals surface area contributed by atoms with Crippen LogP contribution in [0.5, 0.6) is 5.75 Å². The Balaban J connectivity index is 0.00000261. The minimum absolute atomic E-state index is 0. The zero-order chi connectivity index (χ0) is 18.9. The first-order chi connectivity index (χ1) is 12.3. The predicted octanol–water partition coefficient (Wildman–Crippen LogP) is -0.133. The molecule has 150 valence electrons. The molecule has 0 aliphatic carbocycles. The number of hydrogen-bond donors (Lipinski definition) is 2. The van der Waals surface area contributed by atoms with Gasteiger partial charge in [0.05, 0.1) is 10.6 Å². The van der Waals surface area contributed by atoms with Gasteiger partial charge in [-0.25, -0.2) is 8.42 Å². The first-order valence-corrected chi connectivity index (χ1v) is 9.82. The van der Waals surface area contributed by atoms with Crippen LogP contribution in [0.1, 0.15) is 6.92 Å². The van der Waals surface area contributed by atoms with Crippen LogP contribution in [0.15, 0.2) is 23.1 Å². The average molecular weight is 419 g/mol. The average Bonchev–Trinajstić information content (AvgIpc) is 2.66. The molecule has 2 heterocycles. The number of fused-ring (bicyclic) bond motifs is 1. The molecule has 0 aromatic heterocycles. The van der Waals surface area contributed by atoms with E-state index in [1.807, 2.05) is 0 Å². The fraction of sp³-hybridized carbons (Fsp3) is 0.500. The number of sulfonamides is 1. The van der Waals surface area contributed by atoms with Gasteiger partial charge in [-0.1, -0.05) is 6.92 Å². The second kappa shape index (κ2) is 8.42. The maximum absolute atomic E-state index is 12.9. The molecule has 2 amide bonds. The number of rotatable bonds is 4. The number of carbonyl (C=O) groups is 2. The van der Waals surface area contributed by atoms with Crippen molar-refractivity contribution < 1.29 is 22.7 Å². The first-order valence-electron chi connectivity index (χ1n) is 8.38. The van der Waals surface area contributed by atoms with Crippen LogP contribution in [-0.4, -0.2) is 68.8 Å². The van der Waals surface area contributed by atoms with E-state index in [1.54, 1.807) is 11.8 Å². The van der Waals surface area contributed by atoms with Crippen LogP contribution >= 0.6 is 12.4 Å². The molecule has 1 aromatic carbocycles. The number of nitrogens with two attached hydrogens (primary N) is 1. The molecule has 1 fully saturated rings. The van der Waals surface area contributed by atoms with Crippen molar-refractivity contribution in [1.29, 1.82) is 0 Å². The second-order valence-corrected chi connectivity index (χ2v) is 8.30. The van der Waals surface area contributed by atoms with Crippen molar-refractivity contribution in [2.75, 3.05) is 44.6 Å². The van der Waals surface area contributed by atoms with E-state index in [0.29, 0.717) is 24.5 Å². The molecule has 27 heavy (non-hydrogen) atoms. The summed E-state index contributed by atoms with van der Waals surface area (Å²) in [5.74, 6) is -0.219. The van der Waals surface area contributed by atoms with Gasteiger partial charge in [0.2, 0.25) is 15.9 Å². The molecule has 3 N–H and O–H groups in total. The summed E-state index contributed by atoms with van der Waals surface area (Å²) in [5, 5.41) is 2.60. The van der Waals surface area contributed by atoms with Gasteiger partial charge in [-0.15, -0.1) is 12.4 Å². The van der Waals surface area contributed by atoms with Gasteiger partial charge >= 0.3 is 0 Å². The molecule has 0 saturated carbocycles. The highest BCUT2D eigenvalue weighted by molar-refractivity contribution is 7.89. The van der Waals surface area contributed by atoms with Gasteiger partial charge in [0, 0.05) is 38.6 Å². The topological polar surface area (TPSA) is 122 Å². The molecule has 2 aliphatic heterocycles. The monoisotopic (exact) mass is 418 g/mol. The molecular formula is C16H23ClN4O5S. The fourth-order valence-electron chi connectivity index (χ4n) is 2.93. The van der Waals surface area contributed by atoms with E-state index in [1.165, 1.54) is 22.5 Å². The highest BCUT2D eigenvalue weighted by atomic mass is 35.5. The maximum atomic E-state index is 12.9. The van der Waals surface area contributed by atoms with Crippen molar-refractivity contribution in [3.8, 4) is 5.75 Å². The number of carbonyl (C=O) groups excluding carboxylic acids is 2. The Kier molecular flexibility index (Phi) is 6.68. The Hall–Kier alpha value is -1.88. The summed E-state index contributed by atoms with van der Waals surface area (Å²) >= 11 is 0. The SMILES string of the molecule is CC(CN)C(=O)N1CCN(S(=O)(=O)c2ccc3c(c2)NC(=O)CO3)CC1.Cl. The number of nitrogens with zero attached hydrogens (tertiary/aromatic N) is 2. The van der Waals surface area contributed by atoms with E-state index in [9.17, 15) is 18.0 Å². The third kappa shape index (κ3) is 4.34. The highest BCUT2D eigenvalue weighted by Gasteiger charge is 2.32. The number of ether oxygens (including phenoxy) is 1. The molecule has 1 atom stereocenters. The quantitative estimate of drug-likeness (QED) is 0.702. The number of amides is 2. The van der Waals surface area contributed by atoms with Crippen LogP contribution in [0.25, 0.3) is 0 Å². The second-order valence-electron chi connectivity index (χ2n) is 6.36. The Morgan fingerprint density at radius 1 is 1.30 bits per heavy atom.